The summed E-state index contributed by atoms with van der Waals surface area (Å²) in [5.41, 5.74) is -2.88. The van der Waals surface area contributed by atoms with Gasteiger partial charge in [0.15, 0.2) is 6.04 Å². The number of hydrogen-bond donors (Lipinski definition) is 1. The Morgan fingerprint density at radius 1 is 1.20 bits per heavy atom. The first-order valence-electron chi connectivity index (χ1n) is 12.9. The fourth-order valence-electron chi connectivity index (χ4n) is 5.87. The number of likely N-dealkylation sites (tertiary alicyclic amines) is 1. The van der Waals surface area contributed by atoms with E-state index in [1.165, 1.54) is 19.2 Å². The molecule has 1 aliphatic carbocycles. The topological polar surface area (TPSA) is 119 Å². The van der Waals surface area contributed by atoms with Crippen molar-refractivity contribution in [3.63, 3.8) is 0 Å². The van der Waals surface area contributed by atoms with Crippen LogP contribution in [0.25, 0.3) is 0 Å². The van der Waals surface area contributed by atoms with Crippen molar-refractivity contribution < 1.29 is 37.1 Å². The molecule has 1 aromatic rings. The number of benzene rings is 1. The number of carbonyl (C=O) groups is 5. The first kappa shape index (κ1) is 28.1. The monoisotopic (exact) mass is 581 g/mol. The van der Waals surface area contributed by atoms with Gasteiger partial charge in [0, 0.05) is 20.1 Å². The van der Waals surface area contributed by atoms with Crippen LogP contribution < -0.4 is 5.32 Å². The van der Waals surface area contributed by atoms with E-state index < -0.39 is 65.2 Å². The van der Waals surface area contributed by atoms with Crippen molar-refractivity contribution in [2.75, 3.05) is 26.7 Å². The summed E-state index contributed by atoms with van der Waals surface area (Å²) in [5, 5.41) is 2.32. The number of nitrogens with zero attached hydrogens (tertiary/aromatic N) is 4. The molecule has 1 saturated carbocycles. The van der Waals surface area contributed by atoms with Gasteiger partial charge in [-0.05, 0) is 49.8 Å². The first-order valence-corrected chi connectivity index (χ1v) is 13.3. The molecule has 2 bridgehead atoms. The quantitative estimate of drug-likeness (QED) is 0.425. The summed E-state index contributed by atoms with van der Waals surface area (Å²) in [6.45, 7) is -0.781. The van der Waals surface area contributed by atoms with Gasteiger partial charge in [0.2, 0.25) is 0 Å². The SMILES string of the molecule is CN(C(=O)C(=O)N1CC[C@@H](F)C1)C12CCC(F)(CC1)CN1C(=O)C(=O)C(C(=O)NCc3ccc(F)c(Cl)c3)N=C12. The van der Waals surface area contributed by atoms with Crippen molar-refractivity contribution in [2.24, 2.45) is 4.99 Å². The predicted molar refractivity (Wildman–Crippen MR) is 135 cm³/mol. The lowest BCUT2D eigenvalue weighted by Crippen LogP contribution is -2.65. The Hall–Kier alpha value is -3.48. The second kappa shape index (κ2) is 10.2. The Labute approximate surface area is 232 Å². The molecule has 4 aliphatic heterocycles. The molecule has 4 amide bonds. The number of ketones is 1. The molecule has 1 unspecified atom stereocenters. The van der Waals surface area contributed by atoms with Crippen LogP contribution in [-0.2, 0) is 30.5 Å². The molecule has 4 heterocycles. The summed E-state index contributed by atoms with van der Waals surface area (Å²) in [5.74, 6) is -5.94. The van der Waals surface area contributed by atoms with Gasteiger partial charge >= 0.3 is 11.8 Å². The number of nitrogens with one attached hydrogen (secondary N) is 1. The third kappa shape index (κ3) is 4.73. The number of Topliss-reactive ketones (excluding diaryl/α,β-unsaturated/α-hetero) is 1. The number of amidine groups is 1. The number of hydrogen-bond acceptors (Lipinski definition) is 6. The van der Waals surface area contributed by atoms with Gasteiger partial charge < -0.3 is 15.1 Å². The smallest absolute Gasteiger partial charge is 0.312 e. The highest BCUT2D eigenvalue weighted by Crippen LogP contribution is 2.47. The number of amides is 4. The van der Waals surface area contributed by atoms with E-state index in [4.69, 9.17) is 11.6 Å². The van der Waals surface area contributed by atoms with Crippen LogP contribution in [0.15, 0.2) is 23.2 Å². The van der Waals surface area contributed by atoms with Crippen LogP contribution in [0, 0.1) is 5.82 Å². The summed E-state index contributed by atoms with van der Waals surface area (Å²) in [6.07, 6.45) is -1.31. The normalized spacial score (nSPS) is 29.6. The van der Waals surface area contributed by atoms with Crippen LogP contribution in [0.5, 0.6) is 0 Å². The third-order valence-corrected chi connectivity index (χ3v) is 8.58. The second-order valence-corrected chi connectivity index (χ2v) is 11.2. The summed E-state index contributed by atoms with van der Waals surface area (Å²) in [4.78, 5) is 72.9. The van der Waals surface area contributed by atoms with Gasteiger partial charge in [0.1, 0.15) is 29.0 Å². The fourth-order valence-corrected chi connectivity index (χ4v) is 6.07. The van der Waals surface area contributed by atoms with E-state index >= 15 is 4.39 Å². The summed E-state index contributed by atoms with van der Waals surface area (Å²) >= 11 is 5.78. The Morgan fingerprint density at radius 2 is 1.90 bits per heavy atom. The lowest BCUT2D eigenvalue weighted by molar-refractivity contribution is -0.153. The second-order valence-electron chi connectivity index (χ2n) is 10.8. The molecule has 10 nitrogen and oxygen atoms in total. The largest absolute Gasteiger partial charge is 0.350 e. The zero-order valence-electron chi connectivity index (χ0n) is 21.6. The first-order chi connectivity index (χ1) is 18.8. The minimum absolute atomic E-state index is 0.00994. The molecule has 6 rings (SSSR count). The standard InChI is InChI=1S/C26H27ClF3N5O5/c1-33(22(39)23(40)34-9-4-15(28)12-34)26-7-5-25(30,6-8-26)13-35-21(38)19(36)18(32-24(26)35)20(37)31-11-14-2-3-17(29)16(27)10-14/h2-3,10,15,18H,4-9,11-13H2,1H3,(H,31,37)/t15-,18?,25?,26?/m1/s1. The molecular formula is C26H27ClF3N5O5. The maximum Gasteiger partial charge on any atom is 0.312 e. The number of carbonyl (C=O) groups excluding carboxylic acids is 5. The van der Waals surface area contributed by atoms with E-state index in [0.717, 1.165) is 20.8 Å². The zero-order valence-corrected chi connectivity index (χ0v) is 22.3. The van der Waals surface area contributed by atoms with Crippen LogP contribution in [0.1, 0.15) is 37.7 Å². The average molecular weight is 582 g/mol. The number of fused-ring (bicyclic) bond motifs is 2. The number of alkyl halides is 2. The van der Waals surface area contributed by atoms with E-state index in [2.05, 4.69) is 10.3 Å². The number of aliphatic imine (C=N–C) groups is 1. The van der Waals surface area contributed by atoms with Crippen molar-refractivity contribution in [3.8, 4) is 0 Å². The highest BCUT2D eigenvalue weighted by atomic mass is 35.5. The van der Waals surface area contributed by atoms with Crippen molar-refractivity contribution >= 4 is 46.8 Å². The lowest BCUT2D eigenvalue weighted by atomic mass is 9.75. The molecule has 1 N–H and O–H groups in total. The van der Waals surface area contributed by atoms with Crippen LogP contribution in [0.4, 0.5) is 13.2 Å². The predicted octanol–water partition coefficient (Wildman–Crippen LogP) is 1.34. The molecule has 40 heavy (non-hydrogen) atoms. The van der Waals surface area contributed by atoms with Gasteiger partial charge in [0.05, 0.1) is 18.1 Å². The minimum Gasteiger partial charge on any atom is -0.350 e. The molecule has 3 saturated heterocycles. The molecule has 14 heteroatoms. The summed E-state index contributed by atoms with van der Waals surface area (Å²) < 4.78 is 42.9. The van der Waals surface area contributed by atoms with Crippen molar-refractivity contribution in [2.45, 2.75) is 62.1 Å². The maximum atomic E-state index is 15.7. The molecule has 0 aromatic heterocycles. The molecule has 214 valence electrons. The Morgan fingerprint density at radius 3 is 2.52 bits per heavy atom. The zero-order chi connectivity index (χ0) is 29.0. The van der Waals surface area contributed by atoms with Gasteiger partial charge in [-0.1, -0.05) is 17.7 Å². The van der Waals surface area contributed by atoms with Gasteiger partial charge in [-0.15, -0.1) is 0 Å². The van der Waals surface area contributed by atoms with Crippen molar-refractivity contribution in [1.82, 2.24) is 20.0 Å². The third-order valence-electron chi connectivity index (χ3n) is 8.29. The summed E-state index contributed by atoms with van der Waals surface area (Å²) in [7, 11) is 1.33. The molecule has 2 atom stereocenters. The fraction of sp³-hybridized carbons (Fsp3) is 0.538. The van der Waals surface area contributed by atoms with Crippen molar-refractivity contribution in [3.05, 3.63) is 34.6 Å². The highest BCUT2D eigenvalue weighted by molar-refractivity contribution is 6.46. The summed E-state index contributed by atoms with van der Waals surface area (Å²) in [6, 6.07) is 1.97. The molecule has 1 aromatic carbocycles. The Kier molecular flexibility index (Phi) is 7.13. The molecule has 0 radical (unpaired) electrons. The van der Waals surface area contributed by atoms with Gasteiger partial charge in [0.25, 0.3) is 17.6 Å². The van der Waals surface area contributed by atoms with E-state index in [-0.39, 0.29) is 62.6 Å². The van der Waals surface area contributed by atoms with E-state index in [0.29, 0.717) is 5.56 Å². The molecule has 0 spiro atoms. The van der Waals surface area contributed by atoms with E-state index in [1.807, 2.05) is 0 Å². The Bertz CT molecular complexity index is 1330. The molecule has 5 aliphatic rings. The van der Waals surface area contributed by atoms with E-state index in [1.54, 1.807) is 0 Å². The maximum absolute atomic E-state index is 15.7. The number of rotatable bonds is 4. The highest BCUT2D eigenvalue weighted by Gasteiger charge is 2.60. The van der Waals surface area contributed by atoms with Gasteiger partial charge in [-0.3, -0.25) is 28.9 Å². The van der Waals surface area contributed by atoms with Crippen LogP contribution in [-0.4, -0.2) is 100 Å². The van der Waals surface area contributed by atoms with Crippen LogP contribution in [0.3, 0.4) is 0 Å². The number of halogens is 4. The van der Waals surface area contributed by atoms with Crippen molar-refractivity contribution in [1.29, 1.82) is 0 Å². The minimum atomic E-state index is -1.85. The average Bonchev–Trinajstić information content (AvgIpc) is 3.27. The van der Waals surface area contributed by atoms with Crippen LogP contribution >= 0.6 is 11.6 Å². The van der Waals surface area contributed by atoms with Gasteiger partial charge in [-0.2, -0.15) is 0 Å². The molecular weight excluding hydrogens is 555 g/mol. The van der Waals surface area contributed by atoms with E-state index in [9.17, 15) is 32.8 Å². The number of likely N-dealkylation sites (N-methyl/N-ethyl adjacent to an activating group) is 1. The van der Waals surface area contributed by atoms with Gasteiger partial charge in [-0.25, -0.2) is 18.2 Å². The van der Waals surface area contributed by atoms with Crippen LogP contribution in [0.2, 0.25) is 5.02 Å². The molecule has 4 fully saturated rings. The Balaban J connectivity index is 1.46. The lowest BCUT2D eigenvalue weighted by Gasteiger charge is -2.46.